The molecular weight excluding hydrogens is 274 g/mol. The molecule has 0 aliphatic carbocycles. The molecule has 0 aliphatic heterocycles. The van der Waals surface area contributed by atoms with Crippen LogP contribution in [-0.4, -0.2) is 33.0 Å². The van der Waals surface area contributed by atoms with Crippen LogP contribution in [0.5, 0.6) is 0 Å². The summed E-state index contributed by atoms with van der Waals surface area (Å²) in [6.45, 7) is -0.611. The summed E-state index contributed by atoms with van der Waals surface area (Å²) in [7, 11) is -2.68. The molecule has 0 aliphatic rings. The first-order chi connectivity index (χ1) is 9.00. The summed E-state index contributed by atoms with van der Waals surface area (Å²) in [6, 6.07) is 4.85. The van der Waals surface area contributed by atoms with Gasteiger partial charge in [0.2, 0.25) is 0 Å². The number of carbonyl (C=O) groups excluding carboxylic acids is 1. The van der Waals surface area contributed by atoms with Gasteiger partial charge in [-0.15, -0.1) is 0 Å². The van der Waals surface area contributed by atoms with Crippen molar-refractivity contribution in [3.05, 3.63) is 24.6 Å². The fourth-order valence-electron chi connectivity index (χ4n) is 1.32. The van der Waals surface area contributed by atoms with Gasteiger partial charge in [0.15, 0.2) is 12.0 Å². The third kappa shape index (κ3) is 3.50. The van der Waals surface area contributed by atoms with Crippen LogP contribution in [0.4, 0.5) is 5.69 Å². The van der Waals surface area contributed by atoms with E-state index in [0.717, 1.165) is 0 Å². The Labute approximate surface area is 109 Å². The maximum absolute atomic E-state index is 11.5. The van der Waals surface area contributed by atoms with Crippen molar-refractivity contribution in [1.82, 2.24) is 9.71 Å². The number of anilines is 1. The topological polar surface area (TPSA) is 111 Å². The Morgan fingerprint density at radius 1 is 1.47 bits per heavy atom. The van der Waals surface area contributed by atoms with Gasteiger partial charge < -0.3 is 9.73 Å². The van der Waals surface area contributed by atoms with Crippen LogP contribution < -0.4 is 10.0 Å². The van der Waals surface area contributed by atoms with Crippen molar-refractivity contribution in [3.8, 4) is 0 Å². The molecule has 0 unspecified atom stereocenters. The van der Waals surface area contributed by atoms with Gasteiger partial charge in [-0.3, -0.25) is 4.79 Å². The third-order valence-electron chi connectivity index (χ3n) is 2.21. The Morgan fingerprint density at radius 3 is 3.00 bits per heavy atom. The number of hydrogen-bond donors (Lipinski definition) is 2. The van der Waals surface area contributed by atoms with Crippen molar-refractivity contribution in [2.45, 2.75) is 0 Å². The number of benzene rings is 1. The predicted molar refractivity (Wildman–Crippen MR) is 66.6 cm³/mol. The van der Waals surface area contributed by atoms with Crippen LogP contribution in [-0.2, 0) is 19.3 Å². The summed E-state index contributed by atoms with van der Waals surface area (Å²) < 4.78 is 33.3. The molecule has 8 nitrogen and oxygen atoms in total. The Morgan fingerprint density at radius 2 is 2.26 bits per heavy atom. The van der Waals surface area contributed by atoms with Gasteiger partial charge in [-0.2, -0.15) is 13.1 Å². The van der Waals surface area contributed by atoms with E-state index in [0.29, 0.717) is 16.8 Å². The van der Waals surface area contributed by atoms with Gasteiger partial charge in [0.1, 0.15) is 12.1 Å². The summed E-state index contributed by atoms with van der Waals surface area (Å²) in [6.07, 6.45) is 1.29. The average Bonchev–Trinajstić information content (AvgIpc) is 2.84. The molecule has 2 N–H and O–H groups in total. The zero-order valence-electron chi connectivity index (χ0n) is 9.91. The fourth-order valence-corrected chi connectivity index (χ4v) is 1.70. The minimum atomic E-state index is -3.87. The third-order valence-corrected chi connectivity index (χ3v) is 3.14. The molecule has 19 heavy (non-hydrogen) atoms. The van der Waals surface area contributed by atoms with Gasteiger partial charge in [0, 0.05) is 12.7 Å². The number of oxazole rings is 1. The molecule has 1 aromatic heterocycles. The summed E-state index contributed by atoms with van der Waals surface area (Å²) in [4.78, 5) is 15.4. The van der Waals surface area contributed by atoms with Crippen molar-refractivity contribution in [3.63, 3.8) is 0 Å². The molecule has 9 heteroatoms. The minimum absolute atomic E-state index is 0.469. The number of aromatic nitrogens is 1. The molecule has 1 heterocycles. The molecule has 0 fully saturated rings. The fraction of sp³-hybridized carbons (Fsp3) is 0.200. The van der Waals surface area contributed by atoms with Gasteiger partial charge >= 0.3 is 10.3 Å². The normalized spacial score (nSPS) is 11.6. The number of fused-ring (bicyclic) bond motifs is 1. The van der Waals surface area contributed by atoms with Crippen LogP contribution in [0.1, 0.15) is 0 Å². The van der Waals surface area contributed by atoms with Crippen molar-refractivity contribution in [2.75, 3.05) is 19.0 Å². The van der Waals surface area contributed by atoms with Crippen molar-refractivity contribution >= 4 is 33.0 Å². The smallest absolute Gasteiger partial charge is 0.336 e. The summed E-state index contributed by atoms with van der Waals surface area (Å²) >= 11 is 0. The number of hydrogen-bond acceptors (Lipinski definition) is 6. The van der Waals surface area contributed by atoms with Crippen molar-refractivity contribution < 1.29 is 21.8 Å². The molecular formula is C10H11N3O5S. The van der Waals surface area contributed by atoms with E-state index >= 15 is 0 Å². The highest BCUT2D eigenvalue weighted by Gasteiger charge is 2.11. The van der Waals surface area contributed by atoms with Gasteiger partial charge in [-0.25, -0.2) is 9.17 Å². The highest BCUT2D eigenvalue weighted by molar-refractivity contribution is 7.84. The second-order valence-corrected chi connectivity index (χ2v) is 5.06. The van der Waals surface area contributed by atoms with Crippen LogP contribution in [0.3, 0.4) is 0 Å². The van der Waals surface area contributed by atoms with E-state index in [9.17, 15) is 13.2 Å². The SMILES string of the molecule is CNS(=O)(=O)OCC(=O)Nc1ccc2ocnc2c1. The first-order valence-electron chi connectivity index (χ1n) is 5.21. The molecule has 2 rings (SSSR count). The number of nitrogens with zero attached hydrogens (tertiary/aromatic N) is 1. The van der Waals surface area contributed by atoms with Crippen LogP contribution in [0.25, 0.3) is 11.1 Å². The van der Waals surface area contributed by atoms with E-state index in [1.54, 1.807) is 18.2 Å². The summed E-state index contributed by atoms with van der Waals surface area (Å²) in [5.41, 5.74) is 1.64. The molecule has 0 radical (unpaired) electrons. The predicted octanol–water partition coefficient (Wildman–Crippen LogP) is 0.247. The molecule has 0 saturated carbocycles. The van der Waals surface area contributed by atoms with Crippen LogP contribution >= 0.6 is 0 Å². The van der Waals surface area contributed by atoms with Gasteiger partial charge in [-0.05, 0) is 18.2 Å². The standard InChI is InChI=1S/C10H11N3O5S/c1-11-19(15,16)18-5-10(14)13-7-2-3-9-8(4-7)12-6-17-9/h2-4,6,11H,5H2,1H3,(H,13,14). The lowest BCUT2D eigenvalue weighted by atomic mass is 10.3. The highest BCUT2D eigenvalue weighted by Crippen LogP contribution is 2.17. The minimum Gasteiger partial charge on any atom is -0.443 e. The average molecular weight is 285 g/mol. The molecule has 2 aromatic rings. The van der Waals surface area contributed by atoms with Crippen LogP contribution in [0.15, 0.2) is 29.0 Å². The monoisotopic (exact) mass is 285 g/mol. The maximum Gasteiger partial charge on any atom is 0.336 e. The Hall–Kier alpha value is -1.97. The largest absolute Gasteiger partial charge is 0.443 e. The van der Waals surface area contributed by atoms with Gasteiger partial charge in [0.25, 0.3) is 5.91 Å². The number of rotatable bonds is 5. The second-order valence-electron chi connectivity index (χ2n) is 3.50. The van der Waals surface area contributed by atoms with Crippen LogP contribution in [0.2, 0.25) is 0 Å². The van der Waals surface area contributed by atoms with E-state index in [2.05, 4.69) is 14.5 Å². The first kappa shape index (κ1) is 13.5. The molecule has 0 atom stereocenters. The van der Waals surface area contributed by atoms with E-state index in [4.69, 9.17) is 4.42 Å². The lowest BCUT2D eigenvalue weighted by Gasteiger charge is -2.05. The Balaban J connectivity index is 1.98. The van der Waals surface area contributed by atoms with E-state index in [-0.39, 0.29) is 0 Å². The Bertz CT molecular complexity index is 694. The highest BCUT2D eigenvalue weighted by atomic mass is 32.2. The summed E-state index contributed by atoms with van der Waals surface area (Å²) in [5.74, 6) is -0.596. The second kappa shape index (κ2) is 5.34. The molecule has 0 spiro atoms. The van der Waals surface area contributed by atoms with Crippen LogP contribution in [0, 0.1) is 0 Å². The van der Waals surface area contributed by atoms with Gasteiger partial charge in [-0.1, -0.05) is 0 Å². The molecule has 1 amide bonds. The zero-order valence-corrected chi connectivity index (χ0v) is 10.7. The van der Waals surface area contributed by atoms with E-state index in [1.807, 2.05) is 4.72 Å². The Kier molecular flexibility index (Phi) is 3.79. The summed E-state index contributed by atoms with van der Waals surface area (Å²) in [5, 5.41) is 2.48. The lowest BCUT2D eigenvalue weighted by molar-refractivity contribution is -0.118. The molecule has 0 saturated heterocycles. The maximum atomic E-state index is 11.5. The number of amides is 1. The lowest BCUT2D eigenvalue weighted by Crippen LogP contribution is -2.27. The van der Waals surface area contributed by atoms with Crippen molar-refractivity contribution in [2.24, 2.45) is 0 Å². The molecule has 1 aromatic carbocycles. The van der Waals surface area contributed by atoms with E-state index < -0.39 is 22.8 Å². The quantitative estimate of drug-likeness (QED) is 0.814. The van der Waals surface area contributed by atoms with Crippen molar-refractivity contribution in [1.29, 1.82) is 0 Å². The number of carbonyl (C=O) groups is 1. The van der Waals surface area contributed by atoms with E-state index in [1.165, 1.54) is 13.4 Å². The molecule has 0 bridgehead atoms. The number of nitrogens with one attached hydrogen (secondary N) is 2. The van der Waals surface area contributed by atoms with Gasteiger partial charge in [0.05, 0.1) is 0 Å². The molecule has 102 valence electrons. The first-order valence-corrected chi connectivity index (χ1v) is 6.62. The zero-order chi connectivity index (χ0) is 13.9.